The van der Waals surface area contributed by atoms with Gasteiger partial charge >= 0.3 is 12.2 Å². The van der Waals surface area contributed by atoms with Gasteiger partial charge in [0.2, 0.25) is 0 Å². The summed E-state index contributed by atoms with van der Waals surface area (Å²) in [4.78, 5) is 7.88. The van der Waals surface area contributed by atoms with Gasteiger partial charge in [-0.2, -0.15) is 23.3 Å². The van der Waals surface area contributed by atoms with Crippen molar-refractivity contribution in [3.63, 3.8) is 0 Å². The van der Waals surface area contributed by atoms with E-state index in [4.69, 9.17) is 0 Å². The van der Waals surface area contributed by atoms with E-state index in [1.807, 2.05) is 0 Å². The van der Waals surface area contributed by atoms with E-state index in [1.165, 1.54) is 41.0 Å². The van der Waals surface area contributed by atoms with Crippen molar-refractivity contribution in [1.82, 2.24) is 19.6 Å². The van der Waals surface area contributed by atoms with E-state index < -0.39 is 35.4 Å². The molecule has 0 fully saturated rings. The zero-order valence-corrected chi connectivity index (χ0v) is 17.5. The number of rotatable bonds is 6. The molecule has 1 unspecified atom stereocenters. The molecule has 11 heteroatoms. The Bertz CT molecular complexity index is 1290. The molecule has 0 radical (unpaired) electrons. The summed E-state index contributed by atoms with van der Waals surface area (Å²) in [6, 6.07) is 11.8. The topological polar surface area (TPSA) is 69.4 Å². The van der Waals surface area contributed by atoms with E-state index in [-0.39, 0.29) is 5.69 Å². The minimum absolute atomic E-state index is 0.255. The Kier molecular flexibility index (Phi) is 5.92. The molecule has 1 aromatic carbocycles. The predicted octanol–water partition coefficient (Wildman–Crippen LogP) is 4.67. The normalized spacial score (nSPS) is 12.8. The summed E-state index contributed by atoms with van der Waals surface area (Å²) < 4.78 is 69.9. The fourth-order valence-electron chi connectivity index (χ4n) is 3.12. The quantitative estimate of drug-likeness (QED) is 0.388. The Balaban J connectivity index is 1.92. The van der Waals surface area contributed by atoms with Gasteiger partial charge in [-0.05, 0) is 42.5 Å². The third-order valence-electron chi connectivity index (χ3n) is 4.49. The van der Waals surface area contributed by atoms with Crippen LogP contribution in [0.3, 0.4) is 0 Å². The molecule has 0 amide bonds. The lowest BCUT2D eigenvalue weighted by atomic mass is 10.0. The van der Waals surface area contributed by atoms with Crippen LogP contribution in [0.4, 0.5) is 17.6 Å². The highest BCUT2D eigenvalue weighted by atomic mass is 32.2. The van der Waals surface area contributed by atoms with Crippen molar-refractivity contribution >= 4 is 16.3 Å². The lowest BCUT2D eigenvalue weighted by molar-refractivity contribution is -0.154. The highest BCUT2D eigenvalue weighted by molar-refractivity contribution is 7.84. The van der Waals surface area contributed by atoms with Gasteiger partial charge in [-0.15, -0.1) is 0 Å². The number of hydrogen-bond donors (Lipinski definition) is 0. The van der Waals surface area contributed by atoms with E-state index in [2.05, 4.69) is 19.8 Å². The van der Waals surface area contributed by atoms with Gasteiger partial charge in [-0.25, -0.2) is 13.9 Å². The molecule has 4 aromatic rings. The fourth-order valence-corrected chi connectivity index (χ4v) is 3.98. The lowest BCUT2D eigenvalue weighted by Crippen LogP contribution is -2.20. The first-order valence-corrected chi connectivity index (χ1v) is 10.8. The maximum absolute atomic E-state index is 13.5. The molecule has 166 valence electrons. The number of alkyl halides is 3. The Hall–Kier alpha value is -3.34. The molecule has 0 bridgehead atoms. The fraction of sp³-hybridized carbons (Fsp3) is 0.190. The van der Waals surface area contributed by atoms with Crippen LogP contribution in [0.2, 0.25) is 0 Å². The Morgan fingerprint density at radius 3 is 2.53 bits per heavy atom. The van der Waals surface area contributed by atoms with E-state index in [0.717, 1.165) is 0 Å². The number of nitrogens with zero attached hydrogens (tertiary/aromatic N) is 4. The van der Waals surface area contributed by atoms with E-state index in [9.17, 15) is 21.8 Å². The maximum Gasteiger partial charge on any atom is 0.422 e. The maximum atomic E-state index is 13.5. The van der Waals surface area contributed by atoms with Gasteiger partial charge < -0.3 is 4.74 Å². The van der Waals surface area contributed by atoms with Gasteiger partial charge in [0.1, 0.15) is 16.5 Å². The molecule has 0 N–H and O–H groups in total. The predicted molar refractivity (Wildman–Crippen MR) is 110 cm³/mol. The number of pyridine rings is 1. The molecule has 0 aliphatic carbocycles. The van der Waals surface area contributed by atoms with Crippen molar-refractivity contribution in [3.05, 3.63) is 60.5 Å². The van der Waals surface area contributed by atoms with Crippen molar-refractivity contribution in [2.75, 3.05) is 12.4 Å². The van der Waals surface area contributed by atoms with Crippen LogP contribution >= 0.6 is 0 Å². The molecule has 0 saturated carbocycles. The molecule has 4 rings (SSSR count). The molecule has 0 aliphatic heterocycles. The molecule has 0 aliphatic rings. The second-order valence-electron chi connectivity index (χ2n) is 6.65. The van der Waals surface area contributed by atoms with Crippen molar-refractivity contribution in [2.24, 2.45) is 0 Å². The molecular formula is C21H16F4N4O2S. The van der Waals surface area contributed by atoms with E-state index >= 15 is 0 Å². The number of fused-ring (bicyclic) bond motifs is 1. The first kappa shape index (κ1) is 21.9. The van der Waals surface area contributed by atoms with Crippen LogP contribution in [-0.2, 0) is 10.8 Å². The summed E-state index contributed by atoms with van der Waals surface area (Å²) in [6.45, 7) is 0.241. The lowest BCUT2D eigenvalue weighted by Gasteiger charge is -2.09. The third-order valence-corrected chi connectivity index (χ3v) is 5.79. The highest BCUT2D eigenvalue weighted by Gasteiger charge is 2.29. The first-order chi connectivity index (χ1) is 15.3. The Morgan fingerprint density at radius 2 is 1.84 bits per heavy atom. The van der Waals surface area contributed by atoms with Crippen LogP contribution in [0.5, 0.6) is 6.01 Å². The Labute approximate surface area is 182 Å². The smallest absolute Gasteiger partial charge is 0.422 e. The van der Waals surface area contributed by atoms with Crippen molar-refractivity contribution in [2.45, 2.75) is 18.1 Å². The van der Waals surface area contributed by atoms with Crippen LogP contribution in [0.1, 0.15) is 6.92 Å². The molecule has 32 heavy (non-hydrogen) atoms. The van der Waals surface area contributed by atoms with Crippen LogP contribution in [-0.4, -0.2) is 42.3 Å². The first-order valence-electron chi connectivity index (χ1n) is 9.46. The van der Waals surface area contributed by atoms with Gasteiger partial charge in [-0.3, -0.25) is 4.21 Å². The zero-order valence-electron chi connectivity index (χ0n) is 16.6. The molecule has 3 aromatic heterocycles. The van der Waals surface area contributed by atoms with E-state index in [0.29, 0.717) is 33.1 Å². The minimum atomic E-state index is -4.54. The monoisotopic (exact) mass is 464 g/mol. The second kappa shape index (κ2) is 8.65. The minimum Gasteiger partial charge on any atom is -0.454 e. The number of hydrogen-bond acceptors (Lipinski definition) is 5. The molecule has 3 heterocycles. The van der Waals surface area contributed by atoms with Gasteiger partial charge in [0.15, 0.2) is 6.61 Å². The van der Waals surface area contributed by atoms with Crippen LogP contribution < -0.4 is 4.74 Å². The average molecular weight is 464 g/mol. The molecule has 0 saturated heterocycles. The largest absolute Gasteiger partial charge is 0.454 e. The van der Waals surface area contributed by atoms with Crippen molar-refractivity contribution in [3.8, 4) is 28.5 Å². The van der Waals surface area contributed by atoms with Crippen LogP contribution in [0, 0.1) is 5.82 Å². The molecule has 6 nitrogen and oxygen atoms in total. The zero-order chi connectivity index (χ0) is 22.9. The molecule has 1 atom stereocenters. The van der Waals surface area contributed by atoms with Gasteiger partial charge in [0, 0.05) is 17.5 Å². The summed E-state index contributed by atoms with van der Waals surface area (Å²) in [6.07, 6.45) is -3.26. The molecule has 0 spiro atoms. The van der Waals surface area contributed by atoms with Gasteiger partial charge in [0.05, 0.1) is 27.6 Å². The van der Waals surface area contributed by atoms with Crippen molar-refractivity contribution < 1.29 is 26.5 Å². The summed E-state index contributed by atoms with van der Waals surface area (Å²) in [5.41, 5.74) is 2.20. The number of ether oxygens (including phenoxy) is 1. The van der Waals surface area contributed by atoms with Gasteiger partial charge in [0.25, 0.3) is 0 Å². The summed E-state index contributed by atoms with van der Waals surface area (Å²) in [7, 11) is -1.34. The van der Waals surface area contributed by atoms with Crippen LogP contribution in [0.15, 0.2) is 59.8 Å². The average Bonchev–Trinajstić information content (AvgIpc) is 3.17. The summed E-state index contributed by atoms with van der Waals surface area (Å²) >= 11 is 0. The van der Waals surface area contributed by atoms with Crippen LogP contribution in [0.25, 0.3) is 28.0 Å². The number of benzene rings is 1. The Morgan fingerprint density at radius 1 is 1.09 bits per heavy atom. The van der Waals surface area contributed by atoms with Gasteiger partial charge in [-0.1, -0.05) is 13.0 Å². The van der Waals surface area contributed by atoms with Crippen molar-refractivity contribution in [1.29, 1.82) is 0 Å². The highest BCUT2D eigenvalue weighted by Crippen LogP contribution is 2.35. The molecular weight excluding hydrogens is 448 g/mol. The van der Waals surface area contributed by atoms with E-state index in [1.54, 1.807) is 25.1 Å². The number of aromatic nitrogens is 4. The summed E-state index contributed by atoms with van der Waals surface area (Å²) in [5, 5.41) is 5.04. The number of halogens is 4. The standard InChI is InChI=1S/C21H16F4N4O2S/c1-2-32(30)17-5-3-4-16-18(15-10-11-26-20(27-15)31-12-21(23,24)25)19(28-29(16)17)13-6-8-14(22)9-7-13/h3-11H,2,12H2,1H3. The second-order valence-corrected chi connectivity index (χ2v) is 8.34. The summed E-state index contributed by atoms with van der Waals surface area (Å²) in [5.74, 6) is -0.0694. The third kappa shape index (κ3) is 4.47. The SMILES string of the molecule is CCS(=O)c1cccc2c(-c3ccnc(OCC(F)(F)F)n3)c(-c3ccc(F)cc3)nn12.